The summed E-state index contributed by atoms with van der Waals surface area (Å²) < 4.78 is 3.82. The highest BCUT2D eigenvalue weighted by molar-refractivity contribution is 7.98. The quantitative estimate of drug-likeness (QED) is 0.496. The zero-order valence-electron chi connectivity index (χ0n) is 9.87. The lowest BCUT2D eigenvalue weighted by atomic mass is 10.2. The first-order chi connectivity index (χ1) is 8.61. The van der Waals surface area contributed by atoms with Crippen LogP contribution in [0.25, 0.3) is 0 Å². The van der Waals surface area contributed by atoms with E-state index in [9.17, 15) is 0 Å². The highest BCUT2D eigenvalue weighted by Gasteiger charge is 2.05. The fourth-order valence-electron chi connectivity index (χ4n) is 1.33. The summed E-state index contributed by atoms with van der Waals surface area (Å²) in [5.41, 5.74) is 0.956. The Morgan fingerprint density at radius 2 is 2.06 bits per heavy atom. The predicted molar refractivity (Wildman–Crippen MR) is 78.3 cm³/mol. The Balaban J connectivity index is 2.34. The van der Waals surface area contributed by atoms with Gasteiger partial charge in [-0.1, -0.05) is 35.5 Å². The summed E-state index contributed by atoms with van der Waals surface area (Å²) in [5, 5.41) is 10.1. The highest BCUT2D eigenvalue weighted by Crippen LogP contribution is 2.13. The lowest BCUT2D eigenvalue weighted by molar-refractivity contribution is 0.730. The van der Waals surface area contributed by atoms with E-state index in [1.54, 1.807) is 22.6 Å². The maximum Gasteiger partial charge on any atom is 0.219 e. The van der Waals surface area contributed by atoms with Gasteiger partial charge in [0.2, 0.25) is 9.93 Å². The number of halogens is 1. The summed E-state index contributed by atoms with van der Waals surface area (Å²) in [6.45, 7) is 0. The molecule has 0 atom stereocenters. The van der Waals surface area contributed by atoms with Crippen LogP contribution >= 0.6 is 35.6 Å². The van der Waals surface area contributed by atoms with Crippen LogP contribution in [-0.4, -0.2) is 26.9 Å². The number of nitrogens with zero attached hydrogens (tertiary/aromatic N) is 4. The van der Waals surface area contributed by atoms with E-state index in [1.807, 2.05) is 30.5 Å². The van der Waals surface area contributed by atoms with E-state index in [0.717, 1.165) is 10.7 Å². The minimum Gasteiger partial charge on any atom is -0.239 e. The molecule has 0 amide bonds. The Morgan fingerprint density at radius 1 is 1.39 bits per heavy atom. The molecule has 0 unspecified atom stereocenters. The molecule has 1 aromatic carbocycles. The topological polar surface area (TPSA) is 35.1 Å². The maximum absolute atomic E-state index is 5.82. The molecule has 0 bridgehead atoms. The molecule has 0 fully saturated rings. The minimum absolute atomic E-state index is 0.560. The number of hydrogen-bond donors (Lipinski definition) is 0. The molecular weight excluding hydrogens is 288 g/mol. The van der Waals surface area contributed by atoms with Gasteiger partial charge in [-0.3, -0.25) is 0 Å². The van der Waals surface area contributed by atoms with E-state index in [0.29, 0.717) is 9.79 Å². The first-order valence-corrected chi connectivity index (χ1v) is 7.13. The van der Waals surface area contributed by atoms with Gasteiger partial charge in [-0.25, -0.2) is 4.68 Å². The molecule has 0 radical (unpaired) electrons. The van der Waals surface area contributed by atoms with Gasteiger partial charge in [-0.05, 0) is 36.2 Å². The van der Waals surface area contributed by atoms with Crippen molar-refractivity contribution in [1.82, 2.24) is 14.5 Å². The van der Waals surface area contributed by atoms with Crippen LogP contribution in [-0.2, 0) is 7.05 Å². The second kappa shape index (κ2) is 5.69. The summed E-state index contributed by atoms with van der Waals surface area (Å²) >= 11 is 12.6. The molecule has 0 saturated heterocycles. The van der Waals surface area contributed by atoms with Crippen LogP contribution < -0.4 is 0 Å². The Morgan fingerprint density at radius 3 is 2.67 bits per heavy atom. The third-order valence-corrected chi connectivity index (χ3v) is 3.56. The molecular formula is C11H11ClN4S2. The summed E-state index contributed by atoms with van der Waals surface area (Å²) in [4.78, 5) is 0. The highest BCUT2D eigenvalue weighted by atomic mass is 35.5. The molecule has 0 aliphatic carbocycles. The molecule has 1 aromatic heterocycles. The molecule has 0 N–H and O–H groups in total. The second-order valence-electron chi connectivity index (χ2n) is 3.50. The van der Waals surface area contributed by atoms with E-state index in [2.05, 4.69) is 10.2 Å². The van der Waals surface area contributed by atoms with Gasteiger partial charge in [0.05, 0.1) is 6.21 Å². The van der Waals surface area contributed by atoms with Gasteiger partial charge in [0.1, 0.15) is 0 Å². The van der Waals surface area contributed by atoms with Gasteiger partial charge in [-0.2, -0.15) is 9.78 Å². The molecule has 0 spiro atoms. The van der Waals surface area contributed by atoms with Crippen molar-refractivity contribution in [2.24, 2.45) is 12.1 Å². The monoisotopic (exact) mass is 298 g/mol. The fourth-order valence-corrected chi connectivity index (χ4v) is 2.20. The smallest absolute Gasteiger partial charge is 0.219 e. The van der Waals surface area contributed by atoms with Gasteiger partial charge in [0.15, 0.2) is 0 Å². The standard InChI is InChI=1S/C11H11ClN4S2/c1-15-11(17)16(10(14-15)18-2)13-7-8-3-5-9(12)6-4-8/h3-7H,1-2H3/b13-7+. The summed E-state index contributed by atoms with van der Waals surface area (Å²) in [7, 11) is 1.80. The Hall–Kier alpha value is -1.11. The van der Waals surface area contributed by atoms with Gasteiger partial charge >= 0.3 is 0 Å². The first kappa shape index (κ1) is 13.3. The molecule has 0 aliphatic rings. The van der Waals surface area contributed by atoms with E-state index < -0.39 is 0 Å². The van der Waals surface area contributed by atoms with E-state index in [-0.39, 0.29) is 0 Å². The summed E-state index contributed by atoms with van der Waals surface area (Å²) in [6, 6.07) is 7.43. The van der Waals surface area contributed by atoms with Crippen molar-refractivity contribution in [3.8, 4) is 0 Å². The maximum atomic E-state index is 5.82. The average molecular weight is 299 g/mol. The van der Waals surface area contributed by atoms with Crippen LogP contribution in [0.1, 0.15) is 5.56 Å². The van der Waals surface area contributed by atoms with Crippen molar-refractivity contribution >= 4 is 41.8 Å². The third-order valence-electron chi connectivity index (χ3n) is 2.25. The molecule has 7 heteroatoms. The number of aryl methyl sites for hydroxylation is 1. The van der Waals surface area contributed by atoms with Crippen molar-refractivity contribution < 1.29 is 0 Å². The van der Waals surface area contributed by atoms with Gasteiger partial charge < -0.3 is 0 Å². The lowest BCUT2D eigenvalue weighted by Gasteiger charge is -1.96. The van der Waals surface area contributed by atoms with Gasteiger partial charge in [0.25, 0.3) is 0 Å². The van der Waals surface area contributed by atoms with Crippen LogP contribution in [0.5, 0.6) is 0 Å². The SMILES string of the molecule is CSc1nn(C)c(=S)n1/N=C/c1ccc(Cl)cc1. The molecule has 4 nitrogen and oxygen atoms in total. The molecule has 2 aromatic rings. The van der Waals surface area contributed by atoms with E-state index in [4.69, 9.17) is 23.8 Å². The largest absolute Gasteiger partial charge is 0.239 e. The third kappa shape index (κ3) is 2.82. The zero-order valence-corrected chi connectivity index (χ0v) is 12.3. The van der Waals surface area contributed by atoms with Crippen LogP contribution in [0.2, 0.25) is 5.02 Å². The summed E-state index contributed by atoms with van der Waals surface area (Å²) in [5.74, 6) is 0. The number of aromatic nitrogens is 3. The number of hydrogen-bond acceptors (Lipinski definition) is 4. The fraction of sp³-hybridized carbons (Fsp3) is 0.182. The van der Waals surface area contributed by atoms with Crippen LogP contribution in [0.15, 0.2) is 34.5 Å². The zero-order chi connectivity index (χ0) is 13.1. The van der Waals surface area contributed by atoms with Crippen LogP contribution in [0.4, 0.5) is 0 Å². The van der Waals surface area contributed by atoms with E-state index in [1.165, 1.54) is 11.8 Å². The van der Waals surface area contributed by atoms with Crippen molar-refractivity contribution in [3.63, 3.8) is 0 Å². The molecule has 1 heterocycles. The lowest BCUT2D eigenvalue weighted by Crippen LogP contribution is -1.94. The van der Waals surface area contributed by atoms with Crippen LogP contribution in [0, 0.1) is 4.77 Å². The normalized spacial score (nSPS) is 11.3. The van der Waals surface area contributed by atoms with Crippen molar-refractivity contribution in [2.75, 3.05) is 6.26 Å². The van der Waals surface area contributed by atoms with E-state index >= 15 is 0 Å². The first-order valence-electron chi connectivity index (χ1n) is 5.12. The molecule has 0 saturated carbocycles. The van der Waals surface area contributed by atoms with Crippen molar-refractivity contribution in [1.29, 1.82) is 0 Å². The van der Waals surface area contributed by atoms with Crippen molar-refractivity contribution in [2.45, 2.75) is 5.16 Å². The Labute approximate surface area is 119 Å². The van der Waals surface area contributed by atoms with Gasteiger partial charge in [-0.15, -0.1) is 5.10 Å². The molecule has 0 aliphatic heterocycles. The van der Waals surface area contributed by atoms with Gasteiger partial charge in [0, 0.05) is 12.1 Å². The van der Waals surface area contributed by atoms with Crippen LogP contribution in [0.3, 0.4) is 0 Å². The summed E-state index contributed by atoms with van der Waals surface area (Å²) in [6.07, 6.45) is 3.67. The molecule has 94 valence electrons. The Bertz CT molecular complexity index is 627. The Kier molecular flexibility index (Phi) is 4.21. The molecule has 2 rings (SSSR count). The number of benzene rings is 1. The molecule has 18 heavy (non-hydrogen) atoms. The second-order valence-corrected chi connectivity index (χ2v) is 5.08. The predicted octanol–water partition coefficient (Wildman–Crippen LogP) is 3.21. The van der Waals surface area contributed by atoms with Crippen molar-refractivity contribution in [3.05, 3.63) is 39.6 Å². The minimum atomic E-state index is 0.560. The number of rotatable bonds is 3. The average Bonchev–Trinajstić information content (AvgIpc) is 2.65. The number of thioether (sulfide) groups is 1.